The molecule has 1 saturated heterocycles. The molecule has 1 aliphatic heterocycles. The van der Waals surface area contributed by atoms with Gasteiger partial charge in [-0.3, -0.25) is 0 Å². The lowest BCUT2D eigenvalue weighted by Crippen LogP contribution is -2.36. The highest BCUT2D eigenvalue weighted by Gasteiger charge is 2.19. The number of hydrogen-bond donors (Lipinski definition) is 2. The third-order valence-corrected chi connectivity index (χ3v) is 5.90. The second kappa shape index (κ2) is 8.84. The van der Waals surface area contributed by atoms with Gasteiger partial charge in [-0.05, 0) is 29.7 Å². The number of nitrogens with one attached hydrogen (secondary N) is 2. The van der Waals surface area contributed by atoms with E-state index in [2.05, 4.69) is 20.4 Å². The number of aromatic amines is 1. The number of morpholine rings is 1. The molecule has 0 unspecified atom stereocenters. The van der Waals surface area contributed by atoms with Crippen LogP contribution in [0, 0.1) is 0 Å². The molecule has 178 valence electrons. The van der Waals surface area contributed by atoms with Crippen LogP contribution in [0.1, 0.15) is 0 Å². The van der Waals surface area contributed by atoms with Crippen molar-refractivity contribution in [2.45, 2.75) is 6.61 Å². The summed E-state index contributed by atoms with van der Waals surface area (Å²) in [6, 6.07) is 13.1. The number of H-pyrrole nitrogens is 1. The van der Waals surface area contributed by atoms with Gasteiger partial charge in [-0.1, -0.05) is 12.1 Å². The summed E-state index contributed by atoms with van der Waals surface area (Å²) < 4.78 is 38.3. The van der Waals surface area contributed by atoms with Gasteiger partial charge in [0.2, 0.25) is 0 Å². The maximum Gasteiger partial charge on any atom is 0.387 e. The quantitative estimate of drug-likeness (QED) is 0.373. The minimum Gasteiger partial charge on any atom is -0.433 e. The van der Waals surface area contributed by atoms with Crippen LogP contribution in [0.4, 0.5) is 26.0 Å². The van der Waals surface area contributed by atoms with E-state index in [9.17, 15) is 8.78 Å². The summed E-state index contributed by atoms with van der Waals surface area (Å²) in [7, 11) is 0. The minimum atomic E-state index is -2.95. The van der Waals surface area contributed by atoms with Crippen LogP contribution < -0.4 is 15.0 Å². The fourth-order valence-electron chi connectivity index (χ4n) is 4.24. The highest BCUT2D eigenvalue weighted by Crippen LogP contribution is 2.35. The molecule has 0 bridgehead atoms. The summed E-state index contributed by atoms with van der Waals surface area (Å²) in [6.45, 7) is -0.686. The number of aromatic nitrogens is 5. The molecule has 9 nitrogen and oxygen atoms in total. The van der Waals surface area contributed by atoms with Crippen molar-refractivity contribution in [3.63, 3.8) is 0 Å². The molecule has 0 radical (unpaired) electrons. The SMILES string of the molecule is FC(F)Oc1cc(Nc2nc(-c3ccc4cc[nH]c4c3)cn3ncnc23)ccc1N1CCOCC1. The Bertz CT molecular complexity index is 1490. The summed E-state index contributed by atoms with van der Waals surface area (Å²) in [5.74, 6) is 0.520. The molecule has 11 heteroatoms. The molecule has 0 aliphatic carbocycles. The molecule has 2 aromatic carbocycles. The van der Waals surface area contributed by atoms with E-state index >= 15 is 0 Å². The average Bonchev–Trinajstić information content (AvgIpc) is 3.53. The van der Waals surface area contributed by atoms with Crippen LogP contribution in [-0.2, 0) is 4.74 Å². The Hall–Kier alpha value is -4.25. The molecule has 0 saturated carbocycles. The molecule has 35 heavy (non-hydrogen) atoms. The van der Waals surface area contributed by atoms with E-state index in [1.807, 2.05) is 35.4 Å². The topological polar surface area (TPSA) is 92.6 Å². The number of nitrogens with zero attached hydrogens (tertiary/aromatic N) is 5. The number of hydrogen-bond acceptors (Lipinski definition) is 7. The summed E-state index contributed by atoms with van der Waals surface area (Å²) in [5, 5.41) is 8.57. The van der Waals surface area contributed by atoms with E-state index in [1.165, 1.54) is 6.33 Å². The monoisotopic (exact) mass is 477 g/mol. The average molecular weight is 477 g/mol. The minimum absolute atomic E-state index is 0.0812. The molecule has 5 aromatic rings. The number of rotatable bonds is 6. The van der Waals surface area contributed by atoms with Gasteiger partial charge in [-0.25, -0.2) is 14.5 Å². The van der Waals surface area contributed by atoms with Gasteiger partial charge in [0, 0.05) is 42.1 Å². The Kier molecular flexibility index (Phi) is 5.38. The van der Waals surface area contributed by atoms with Crippen molar-refractivity contribution in [3.8, 4) is 17.0 Å². The lowest BCUT2D eigenvalue weighted by Gasteiger charge is -2.30. The Morgan fingerprint density at radius 3 is 2.83 bits per heavy atom. The van der Waals surface area contributed by atoms with E-state index in [-0.39, 0.29) is 5.75 Å². The van der Waals surface area contributed by atoms with Crippen LogP contribution in [0.15, 0.2) is 61.2 Å². The van der Waals surface area contributed by atoms with Crippen molar-refractivity contribution >= 4 is 33.7 Å². The van der Waals surface area contributed by atoms with Crippen molar-refractivity contribution in [1.29, 1.82) is 0 Å². The molecule has 4 heterocycles. The van der Waals surface area contributed by atoms with Crippen molar-refractivity contribution in [1.82, 2.24) is 24.6 Å². The number of fused-ring (bicyclic) bond motifs is 2. The summed E-state index contributed by atoms with van der Waals surface area (Å²) in [4.78, 5) is 14.2. The molecular weight excluding hydrogens is 456 g/mol. The molecule has 1 fully saturated rings. The van der Waals surface area contributed by atoms with E-state index in [1.54, 1.807) is 28.9 Å². The van der Waals surface area contributed by atoms with Gasteiger partial charge in [0.05, 0.1) is 30.8 Å². The lowest BCUT2D eigenvalue weighted by molar-refractivity contribution is -0.0495. The number of ether oxygens (including phenoxy) is 2. The van der Waals surface area contributed by atoms with Gasteiger partial charge < -0.3 is 24.7 Å². The molecule has 3 aromatic heterocycles. The molecule has 2 N–H and O–H groups in total. The fraction of sp³-hybridized carbons (Fsp3) is 0.208. The van der Waals surface area contributed by atoms with Gasteiger partial charge in [0.1, 0.15) is 6.33 Å². The normalized spacial score (nSPS) is 14.2. The highest BCUT2D eigenvalue weighted by molar-refractivity contribution is 5.85. The van der Waals surface area contributed by atoms with Crippen LogP contribution >= 0.6 is 0 Å². The van der Waals surface area contributed by atoms with Crippen molar-refractivity contribution in [2.75, 3.05) is 36.5 Å². The van der Waals surface area contributed by atoms with Crippen LogP contribution in [0.3, 0.4) is 0 Å². The Balaban J connectivity index is 1.37. The third kappa shape index (κ3) is 4.21. The highest BCUT2D eigenvalue weighted by atomic mass is 19.3. The van der Waals surface area contributed by atoms with Crippen molar-refractivity contribution < 1.29 is 18.3 Å². The van der Waals surface area contributed by atoms with E-state index in [0.717, 1.165) is 16.5 Å². The Morgan fingerprint density at radius 1 is 1.09 bits per heavy atom. The maximum absolute atomic E-state index is 13.2. The van der Waals surface area contributed by atoms with E-state index < -0.39 is 6.61 Å². The van der Waals surface area contributed by atoms with E-state index in [4.69, 9.17) is 14.5 Å². The van der Waals surface area contributed by atoms with Gasteiger partial charge in [-0.15, -0.1) is 0 Å². The molecule has 1 aliphatic rings. The zero-order chi connectivity index (χ0) is 23.8. The van der Waals surface area contributed by atoms with Crippen molar-refractivity contribution in [2.24, 2.45) is 0 Å². The second-order valence-corrected chi connectivity index (χ2v) is 8.07. The first-order chi connectivity index (χ1) is 17.1. The van der Waals surface area contributed by atoms with Gasteiger partial charge in [0.25, 0.3) is 0 Å². The second-order valence-electron chi connectivity index (χ2n) is 8.07. The molecule has 6 rings (SSSR count). The smallest absolute Gasteiger partial charge is 0.387 e. The zero-order valence-electron chi connectivity index (χ0n) is 18.5. The van der Waals surface area contributed by atoms with Crippen LogP contribution in [0.25, 0.3) is 27.8 Å². The molecule has 0 spiro atoms. The van der Waals surface area contributed by atoms with Gasteiger partial charge >= 0.3 is 6.61 Å². The van der Waals surface area contributed by atoms with Crippen LogP contribution in [-0.4, -0.2) is 57.5 Å². The van der Waals surface area contributed by atoms with Gasteiger partial charge in [0.15, 0.2) is 17.2 Å². The first-order valence-electron chi connectivity index (χ1n) is 11.1. The predicted molar refractivity (Wildman–Crippen MR) is 127 cm³/mol. The predicted octanol–water partition coefficient (Wildman–Crippen LogP) is 4.45. The van der Waals surface area contributed by atoms with Crippen LogP contribution in [0.2, 0.25) is 0 Å². The summed E-state index contributed by atoms with van der Waals surface area (Å²) >= 11 is 0. The first-order valence-corrected chi connectivity index (χ1v) is 11.1. The van der Waals surface area contributed by atoms with E-state index in [0.29, 0.717) is 54.8 Å². The standard InChI is InChI=1S/C24H21F2N7O2/c25-24(26)35-21-12-17(3-4-20(21)32-7-9-34-10-8-32)30-22-23-28-14-29-33(23)13-19(31-22)16-2-1-15-5-6-27-18(15)11-16/h1-6,11-14,24,27H,7-10H2,(H,30,31). The Labute approximate surface area is 198 Å². The number of halogens is 2. The fourth-order valence-corrected chi connectivity index (χ4v) is 4.24. The largest absolute Gasteiger partial charge is 0.433 e. The number of alkyl halides is 2. The number of anilines is 3. The summed E-state index contributed by atoms with van der Waals surface area (Å²) in [5.41, 5.74) is 4.19. The zero-order valence-corrected chi connectivity index (χ0v) is 18.5. The molecule has 0 amide bonds. The first kappa shape index (κ1) is 21.3. The number of benzene rings is 2. The van der Waals surface area contributed by atoms with Gasteiger partial charge in [-0.2, -0.15) is 13.9 Å². The maximum atomic E-state index is 13.2. The third-order valence-electron chi connectivity index (χ3n) is 5.90. The molecule has 0 atom stereocenters. The lowest BCUT2D eigenvalue weighted by atomic mass is 10.1. The Morgan fingerprint density at radius 2 is 1.97 bits per heavy atom. The summed E-state index contributed by atoms with van der Waals surface area (Å²) in [6.07, 6.45) is 5.12. The van der Waals surface area contributed by atoms with Crippen molar-refractivity contribution in [3.05, 3.63) is 61.2 Å². The molecular formula is C24H21F2N7O2. The van der Waals surface area contributed by atoms with Crippen LogP contribution in [0.5, 0.6) is 5.75 Å².